The number of aromatic nitrogens is 1. The molecule has 1 heterocycles. The van der Waals surface area contributed by atoms with E-state index in [2.05, 4.69) is 10.5 Å². The number of hydrogen-bond acceptors (Lipinski definition) is 5. The predicted molar refractivity (Wildman–Crippen MR) is 69.6 cm³/mol. The SMILES string of the molecule is Cc1cc(CNC(C)c2ccccc2[N+](=O)[O-])on1. The third kappa shape index (κ3) is 3.17. The third-order valence-corrected chi connectivity index (χ3v) is 2.86. The van der Waals surface area contributed by atoms with Crippen molar-refractivity contribution in [3.8, 4) is 0 Å². The van der Waals surface area contributed by atoms with Crippen LogP contribution in [0.5, 0.6) is 0 Å². The topological polar surface area (TPSA) is 81.2 Å². The Labute approximate surface area is 110 Å². The highest BCUT2D eigenvalue weighted by atomic mass is 16.6. The van der Waals surface area contributed by atoms with E-state index in [4.69, 9.17) is 4.52 Å². The van der Waals surface area contributed by atoms with E-state index in [1.54, 1.807) is 18.2 Å². The first kappa shape index (κ1) is 13.2. The maximum Gasteiger partial charge on any atom is 0.274 e. The highest BCUT2D eigenvalue weighted by Crippen LogP contribution is 2.24. The number of rotatable bonds is 5. The minimum Gasteiger partial charge on any atom is -0.360 e. The standard InChI is InChI=1S/C13H15N3O3/c1-9-7-11(19-15-9)8-14-10(2)12-5-3-4-6-13(12)16(17)18/h3-7,10,14H,8H2,1-2H3. The monoisotopic (exact) mass is 261 g/mol. The predicted octanol–water partition coefficient (Wildman–Crippen LogP) is 2.74. The molecule has 1 N–H and O–H groups in total. The summed E-state index contributed by atoms with van der Waals surface area (Å²) in [5, 5.41) is 17.9. The van der Waals surface area contributed by atoms with Gasteiger partial charge in [0.2, 0.25) is 0 Å². The molecule has 0 fully saturated rings. The van der Waals surface area contributed by atoms with Crippen molar-refractivity contribution in [1.29, 1.82) is 0 Å². The van der Waals surface area contributed by atoms with E-state index in [0.29, 0.717) is 17.9 Å². The van der Waals surface area contributed by atoms with Crippen molar-refractivity contribution in [1.82, 2.24) is 10.5 Å². The summed E-state index contributed by atoms with van der Waals surface area (Å²) in [4.78, 5) is 10.6. The van der Waals surface area contributed by atoms with E-state index in [1.165, 1.54) is 6.07 Å². The van der Waals surface area contributed by atoms with Crippen LogP contribution in [0.15, 0.2) is 34.9 Å². The van der Waals surface area contributed by atoms with Gasteiger partial charge < -0.3 is 9.84 Å². The van der Waals surface area contributed by atoms with Crippen LogP contribution in [-0.2, 0) is 6.54 Å². The largest absolute Gasteiger partial charge is 0.360 e. The zero-order chi connectivity index (χ0) is 13.8. The molecule has 6 heteroatoms. The Bertz CT molecular complexity index is 580. The molecule has 0 saturated heterocycles. The van der Waals surface area contributed by atoms with Crippen LogP contribution >= 0.6 is 0 Å². The van der Waals surface area contributed by atoms with Crippen molar-refractivity contribution in [2.75, 3.05) is 0 Å². The number of nitro groups is 1. The van der Waals surface area contributed by atoms with E-state index in [-0.39, 0.29) is 16.7 Å². The lowest BCUT2D eigenvalue weighted by Crippen LogP contribution is -2.18. The molecule has 100 valence electrons. The summed E-state index contributed by atoms with van der Waals surface area (Å²) in [6.07, 6.45) is 0. The molecule has 1 atom stereocenters. The summed E-state index contributed by atoms with van der Waals surface area (Å²) in [5.41, 5.74) is 1.59. The molecule has 0 saturated carbocycles. The first-order valence-corrected chi connectivity index (χ1v) is 5.97. The van der Waals surface area contributed by atoms with Gasteiger partial charge in [0.1, 0.15) is 0 Å². The molecule has 2 aromatic rings. The fourth-order valence-corrected chi connectivity index (χ4v) is 1.88. The van der Waals surface area contributed by atoms with Crippen LogP contribution < -0.4 is 5.32 Å². The van der Waals surface area contributed by atoms with Gasteiger partial charge in [0.15, 0.2) is 5.76 Å². The minimum absolute atomic E-state index is 0.122. The van der Waals surface area contributed by atoms with E-state index in [9.17, 15) is 10.1 Å². The Morgan fingerprint density at radius 1 is 1.47 bits per heavy atom. The average molecular weight is 261 g/mol. The Hall–Kier alpha value is -2.21. The van der Waals surface area contributed by atoms with Gasteiger partial charge in [-0.1, -0.05) is 23.4 Å². The molecular formula is C13H15N3O3. The van der Waals surface area contributed by atoms with Crippen molar-refractivity contribution in [2.45, 2.75) is 26.4 Å². The second-order valence-electron chi connectivity index (χ2n) is 4.35. The second kappa shape index (κ2) is 5.62. The second-order valence-corrected chi connectivity index (χ2v) is 4.35. The number of nitrogens with zero attached hydrogens (tertiary/aromatic N) is 2. The molecule has 0 aliphatic carbocycles. The summed E-state index contributed by atoms with van der Waals surface area (Å²) in [6, 6.07) is 8.40. The summed E-state index contributed by atoms with van der Waals surface area (Å²) in [6.45, 7) is 4.21. The zero-order valence-electron chi connectivity index (χ0n) is 10.8. The number of aryl methyl sites for hydroxylation is 1. The van der Waals surface area contributed by atoms with Crippen molar-refractivity contribution < 1.29 is 9.45 Å². The summed E-state index contributed by atoms with van der Waals surface area (Å²) < 4.78 is 5.08. The van der Waals surface area contributed by atoms with Gasteiger partial charge in [-0.25, -0.2) is 0 Å². The summed E-state index contributed by atoms with van der Waals surface area (Å²) in [7, 11) is 0. The van der Waals surface area contributed by atoms with Crippen molar-refractivity contribution >= 4 is 5.69 Å². The first-order valence-electron chi connectivity index (χ1n) is 5.97. The van der Waals surface area contributed by atoms with Gasteiger partial charge in [-0.05, 0) is 13.8 Å². The van der Waals surface area contributed by atoms with E-state index in [1.807, 2.05) is 19.9 Å². The maximum absolute atomic E-state index is 11.0. The van der Waals surface area contributed by atoms with Crippen LogP contribution in [0.2, 0.25) is 0 Å². The molecule has 0 bridgehead atoms. The third-order valence-electron chi connectivity index (χ3n) is 2.86. The Morgan fingerprint density at radius 2 is 2.21 bits per heavy atom. The lowest BCUT2D eigenvalue weighted by atomic mass is 10.1. The molecule has 0 amide bonds. The minimum atomic E-state index is -0.369. The Morgan fingerprint density at radius 3 is 2.84 bits per heavy atom. The zero-order valence-corrected chi connectivity index (χ0v) is 10.8. The van der Waals surface area contributed by atoms with Gasteiger partial charge in [0, 0.05) is 23.7 Å². The van der Waals surface area contributed by atoms with Crippen molar-refractivity contribution in [3.63, 3.8) is 0 Å². The number of para-hydroxylation sites is 1. The molecule has 0 aliphatic rings. The van der Waals surface area contributed by atoms with Crippen LogP contribution in [0, 0.1) is 17.0 Å². The van der Waals surface area contributed by atoms with Gasteiger partial charge in [-0.15, -0.1) is 0 Å². The summed E-state index contributed by atoms with van der Waals surface area (Å²) >= 11 is 0. The van der Waals surface area contributed by atoms with E-state index < -0.39 is 0 Å². The molecule has 1 unspecified atom stereocenters. The molecule has 1 aromatic carbocycles. The van der Waals surface area contributed by atoms with Gasteiger partial charge in [-0.3, -0.25) is 10.1 Å². The van der Waals surface area contributed by atoms with Gasteiger partial charge in [0.25, 0.3) is 5.69 Å². The molecule has 19 heavy (non-hydrogen) atoms. The highest BCUT2D eigenvalue weighted by molar-refractivity contribution is 5.41. The number of hydrogen-bond donors (Lipinski definition) is 1. The molecule has 2 rings (SSSR count). The van der Waals surface area contributed by atoms with Gasteiger partial charge in [0.05, 0.1) is 17.2 Å². The number of benzene rings is 1. The lowest BCUT2D eigenvalue weighted by molar-refractivity contribution is -0.385. The van der Waals surface area contributed by atoms with Crippen LogP contribution in [-0.4, -0.2) is 10.1 Å². The lowest BCUT2D eigenvalue weighted by Gasteiger charge is -2.13. The normalized spacial score (nSPS) is 12.3. The molecular weight excluding hydrogens is 246 g/mol. The maximum atomic E-state index is 11.0. The smallest absolute Gasteiger partial charge is 0.274 e. The molecule has 1 aromatic heterocycles. The van der Waals surface area contributed by atoms with Gasteiger partial charge in [-0.2, -0.15) is 0 Å². The molecule has 6 nitrogen and oxygen atoms in total. The van der Waals surface area contributed by atoms with E-state index >= 15 is 0 Å². The van der Waals surface area contributed by atoms with E-state index in [0.717, 1.165) is 5.69 Å². The summed E-state index contributed by atoms with van der Waals surface area (Å²) in [5.74, 6) is 0.711. The molecule has 0 spiro atoms. The highest BCUT2D eigenvalue weighted by Gasteiger charge is 2.17. The van der Waals surface area contributed by atoms with Crippen molar-refractivity contribution in [3.05, 3.63) is 57.5 Å². The first-order chi connectivity index (χ1) is 9.08. The van der Waals surface area contributed by atoms with Crippen LogP contribution in [0.25, 0.3) is 0 Å². The Kier molecular flexibility index (Phi) is 3.91. The molecule has 0 aliphatic heterocycles. The quantitative estimate of drug-likeness (QED) is 0.661. The Balaban J connectivity index is 2.07. The fourth-order valence-electron chi connectivity index (χ4n) is 1.88. The van der Waals surface area contributed by atoms with Crippen LogP contribution in [0.4, 0.5) is 5.69 Å². The number of nitro benzene ring substituents is 1. The van der Waals surface area contributed by atoms with Gasteiger partial charge >= 0.3 is 0 Å². The van der Waals surface area contributed by atoms with Crippen LogP contribution in [0.1, 0.15) is 30.0 Å². The fraction of sp³-hybridized carbons (Fsp3) is 0.308. The average Bonchev–Trinajstić information content (AvgIpc) is 2.81. The van der Waals surface area contributed by atoms with Crippen LogP contribution in [0.3, 0.4) is 0 Å². The molecule has 0 radical (unpaired) electrons. The number of nitrogens with one attached hydrogen (secondary N) is 1. The van der Waals surface area contributed by atoms with Crippen molar-refractivity contribution in [2.24, 2.45) is 0 Å².